The molecule has 22 heavy (non-hydrogen) atoms. The maximum atomic E-state index is 9.28. The summed E-state index contributed by atoms with van der Waals surface area (Å²) in [6, 6.07) is 3.24. The molecule has 0 aliphatic heterocycles. The van der Waals surface area contributed by atoms with Gasteiger partial charge in [-0.05, 0) is 34.9 Å². The van der Waals surface area contributed by atoms with E-state index in [4.69, 9.17) is 4.74 Å². The number of ether oxygens (including phenoxy) is 1. The first-order valence-electron chi connectivity index (χ1n) is 6.81. The van der Waals surface area contributed by atoms with Crippen molar-refractivity contribution in [3.05, 3.63) is 9.39 Å². The van der Waals surface area contributed by atoms with Gasteiger partial charge in [0.2, 0.25) is 0 Å². The molecule has 0 aliphatic carbocycles. The summed E-state index contributed by atoms with van der Waals surface area (Å²) in [5.41, 5.74) is 1.03. The molecule has 0 aliphatic rings. The minimum Gasteiger partial charge on any atom is -0.359 e. The molecule has 0 amide bonds. The Bertz CT molecular complexity index is 722. The van der Waals surface area contributed by atoms with Crippen molar-refractivity contribution >= 4 is 53.5 Å². The van der Waals surface area contributed by atoms with E-state index in [1.54, 1.807) is 4.68 Å². The van der Waals surface area contributed by atoms with Gasteiger partial charge in [-0.3, -0.25) is 0 Å². The van der Waals surface area contributed by atoms with Crippen molar-refractivity contribution in [1.82, 2.24) is 19.7 Å². The van der Waals surface area contributed by atoms with Crippen LogP contribution in [0.15, 0.2) is 5.16 Å². The fourth-order valence-corrected chi connectivity index (χ4v) is 3.67. The highest BCUT2D eigenvalue weighted by atomic mass is 127. The van der Waals surface area contributed by atoms with Crippen LogP contribution in [0, 0.1) is 15.0 Å². The van der Waals surface area contributed by atoms with Crippen LogP contribution in [0.3, 0.4) is 0 Å². The lowest BCUT2D eigenvalue weighted by Gasteiger charge is -2.15. The molecule has 6 nitrogen and oxygen atoms in total. The van der Waals surface area contributed by atoms with E-state index in [0.29, 0.717) is 28.6 Å². The van der Waals surface area contributed by atoms with Crippen molar-refractivity contribution in [1.29, 1.82) is 5.26 Å². The third-order valence-corrected chi connectivity index (χ3v) is 6.03. The first-order valence-corrected chi connectivity index (χ1v) is 12.8. The summed E-state index contributed by atoms with van der Waals surface area (Å²) in [6.07, 6.45) is 1.89. The second-order valence-corrected chi connectivity index (χ2v) is 13.4. The maximum Gasteiger partial charge on any atom is 0.190 e. The van der Waals surface area contributed by atoms with E-state index in [9.17, 15) is 5.26 Å². The molecular formula is C13H18IN5OSSi. The minimum atomic E-state index is -1.10. The number of hydrogen-bond donors (Lipinski definition) is 0. The van der Waals surface area contributed by atoms with E-state index in [1.165, 1.54) is 11.8 Å². The van der Waals surface area contributed by atoms with E-state index in [2.05, 4.69) is 63.4 Å². The minimum absolute atomic E-state index is 0.347. The van der Waals surface area contributed by atoms with Crippen LogP contribution in [0.25, 0.3) is 11.0 Å². The zero-order valence-electron chi connectivity index (χ0n) is 13.1. The van der Waals surface area contributed by atoms with E-state index in [1.807, 2.05) is 6.26 Å². The van der Waals surface area contributed by atoms with Crippen LogP contribution in [0.5, 0.6) is 0 Å². The van der Waals surface area contributed by atoms with Crippen molar-refractivity contribution in [2.24, 2.45) is 0 Å². The van der Waals surface area contributed by atoms with Gasteiger partial charge in [0, 0.05) is 14.7 Å². The molecule has 0 fully saturated rings. The Morgan fingerprint density at radius 2 is 2.09 bits per heavy atom. The largest absolute Gasteiger partial charge is 0.359 e. The summed E-state index contributed by atoms with van der Waals surface area (Å²) in [6.45, 7) is 8.03. The number of fused-ring (bicyclic) bond motifs is 1. The van der Waals surface area contributed by atoms with Crippen LogP contribution < -0.4 is 0 Å². The molecule has 0 atom stereocenters. The first-order chi connectivity index (χ1) is 10.4. The van der Waals surface area contributed by atoms with Crippen molar-refractivity contribution < 1.29 is 4.74 Å². The highest BCUT2D eigenvalue weighted by Gasteiger charge is 2.17. The Morgan fingerprint density at radius 1 is 1.36 bits per heavy atom. The Hall–Kier alpha value is -0.703. The summed E-state index contributed by atoms with van der Waals surface area (Å²) in [4.78, 5) is 8.71. The van der Waals surface area contributed by atoms with E-state index in [0.717, 1.165) is 16.4 Å². The summed E-state index contributed by atoms with van der Waals surface area (Å²) in [5, 5.41) is 15.0. The molecule has 2 heterocycles. The monoisotopic (exact) mass is 447 g/mol. The number of thioether (sulfide) groups is 1. The van der Waals surface area contributed by atoms with E-state index in [-0.39, 0.29) is 0 Å². The fraction of sp³-hybridized carbons (Fsp3) is 0.538. The summed E-state index contributed by atoms with van der Waals surface area (Å²) >= 11 is 3.52. The summed E-state index contributed by atoms with van der Waals surface area (Å²) in [5.74, 6) is 0. The van der Waals surface area contributed by atoms with Crippen LogP contribution in [0.2, 0.25) is 25.7 Å². The lowest BCUT2D eigenvalue weighted by atomic mass is 10.3. The van der Waals surface area contributed by atoms with Crippen LogP contribution in [-0.4, -0.2) is 40.7 Å². The number of hydrogen-bond acceptors (Lipinski definition) is 6. The Labute approximate surface area is 148 Å². The van der Waals surface area contributed by atoms with Crippen LogP contribution >= 0.6 is 34.4 Å². The van der Waals surface area contributed by atoms with Crippen LogP contribution in [0.1, 0.15) is 5.69 Å². The van der Waals surface area contributed by atoms with Crippen LogP contribution in [-0.2, 0) is 11.5 Å². The molecule has 0 spiro atoms. The van der Waals surface area contributed by atoms with Gasteiger partial charge < -0.3 is 4.74 Å². The van der Waals surface area contributed by atoms with Gasteiger partial charge in [-0.2, -0.15) is 10.4 Å². The smallest absolute Gasteiger partial charge is 0.190 e. The molecule has 9 heteroatoms. The standard InChI is InChI=1S/C13H18IN5OSSi/c1-21-13-16-9(7-15)10-11(14)18-19(12(10)17-13)8-20-5-6-22(2,3)4/h5-6,8H2,1-4H3. The highest BCUT2D eigenvalue weighted by molar-refractivity contribution is 14.1. The van der Waals surface area contributed by atoms with Gasteiger partial charge in [0.1, 0.15) is 16.5 Å². The predicted octanol–water partition coefficient (Wildman–Crippen LogP) is 3.34. The quantitative estimate of drug-likeness (QED) is 0.222. The zero-order chi connectivity index (χ0) is 16.3. The van der Waals surface area contributed by atoms with Crippen molar-refractivity contribution in [2.45, 2.75) is 37.6 Å². The molecule has 118 valence electrons. The Balaban J connectivity index is 2.26. The van der Waals surface area contributed by atoms with Gasteiger partial charge in [-0.25, -0.2) is 14.6 Å². The molecule has 2 aromatic rings. The number of nitriles is 1. The Kier molecular flexibility index (Phi) is 5.81. The number of rotatable bonds is 6. The average molecular weight is 447 g/mol. The zero-order valence-corrected chi connectivity index (χ0v) is 17.0. The third kappa shape index (κ3) is 4.18. The average Bonchev–Trinajstić information content (AvgIpc) is 2.78. The molecule has 2 rings (SSSR count). The van der Waals surface area contributed by atoms with E-state index >= 15 is 0 Å². The van der Waals surface area contributed by atoms with Gasteiger partial charge in [0.25, 0.3) is 0 Å². The second-order valence-electron chi connectivity index (χ2n) is 6.01. The number of nitrogens with zero attached hydrogens (tertiary/aromatic N) is 5. The predicted molar refractivity (Wildman–Crippen MR) is 98.6 cm³/mol. The molecule has 0 saturated heterocycles. The molecular weight excluding hydrogens is 429 g/mol. The third-order valence-electron chi connectivity index (χ3n) is 3.03. The molecule has 0 saturated carbocycles. The summed E-state index contributed by atoms with van der Waals surface area (Å²) in [7, 11) is -1.10. The highest BCUT2D eigenvalue weighted by Crippen LogP contribution is 2.24. The van der Waals surface area contributed by atoms with Crippen molar-refractivity contribution in [3.63, 3.8) is 0 Å². The molecule has 0 aromatic carbocycles. The molecule has 0 bridgehead atoms. The number of aromatic nitrogens is 4. The number of halogens is 1. The first kappa shape index (κ1) is 17.6. The van der Waals surface area contributed by atoms with Gasteiger partial charge in [0.05, 0.1) is 5.39 Å². The second kappa shape index (κ2) is 7.25. The molecule has 0 unspecified atom stereocenters. The maximum absolute atomic E-state index is 9.28. The Morgan fingerprint density at radius 3 is 2.68 bits per heavy atom. The van der Waals surface area contributed by atoms with Gasteiger partial charge in [-0.15, -0.1) is 0 Å². The lowest BCUT2D eigenvalue weighted by Crippen LogP contribution is -2.22. The van der Waals surface area contributed by atoms with Crippen molar-refractivity contribution in [3.8, 4) is 6.07 Å². The lowest BCUT2D eigenvalue weighted by molar-refractivity contribution is 0.0809. The molecule has 0 N–H and O–H groups in total. The van der Waals surface area contributed by atoms with Gasteiger partial charge >= 0.3 is 0 Å². The normalized spacial score (nSPS) is 11.8. The van der Waals surface area contributed by atoms with E-state index < -0.39 is 8.07 Å². The fourth-order valence-electron chi connectivity index (χ4n) is 1.80. The molecule has 2 aromatic heterocycles. The molecule has 0 radical (unpaired) electrons. The SMILES string of the molecule is CSc1nc(C#N)c2c(I)nn(COCC[Si](C)(C)C)c2n1. The van der Waals surface area contributed by atoms with Gasteiger partial charge in [-0.1, -0.05) is 31.4 Å². The van der Waals surface area contributed by atoms with Gasteiger partial charge in [0.15, 0.2) is 16.5 Å². The van der Waals surface area contributed by atoms with Crippen molar-refractivity contribution in [2.75, 3.05) is 12.9 Å². The topological polar surface area (TPSA) is 76.6 Å². The summed E-state index contributed by atoms with van der Waals surface area (Å²) < 4.78 is 8.19. The van der Waals surface area contributed by atoms with Crippen LogP contribution in [0.4, 0.5) is 0 Å².